The Balaban J connectivity index is 1.59. The molecule has 8 heteroatoms. The normalized spacial score (nSPS) is 18.6. The highest BCUT2D eigenvalue weighted by Crippen LogP contribution is 2.33. The van der Waals surface area contributed by atoms with Gasteiger partial charge in [0.15, 0.2) is 5.65 Å². The molecule has 0 spiro atoms. The van der Waals surface area contributed by atoms with E-state index in [-0.39, 0.29) is 17.3 Å². The third-order valence-corrected chi connectivity index (χ3v) is 7.06. The lowest BCUT2D eigenvalue weighted by Crippen LogP contribution is -2.39. The van der Waals surface area contributed by atoms with E-state index in [1.165, 1.54) is 4.57 Å². The maximum atomic E-state index is 13.4. The lowest BCUT2D eigenvalue weighted by atomic mass is 10.0. The third-order valence-electron chi connectivity index (χ3n) is 7.06. The summed E-state index contributed by atoms with van der Waals surface area (Å²) in [4.78, 5) is 28.6. The maximum absolute atomic E-state index is 13.4. The molecular formula is C25H28N6O2. The highest BCUT2D eigenvalue weighted by atomic mass is 16.2. The summed E-state index contributed by atoms with van der Waals surface area (Å²) in [6, 6.07) is 14.6. The van der Waals surface area contributed by atoms with Crippen molar-refractivity contribution in [2.45, 2.75) is 38.4 Å². The number of anilines is 1. The minimum absolute atomic E-state index is 0.0576. The number of rotatable bonds is 5. The van der Waals surface area contributed by atoms with Crippen LogP contribution in [0.25, 0.3) is 21.8 Å². The fourth-order valence-corrected chi connectivity index (χ4v) is 5.07. The van der Waals surface area contributed by atoms with Crippen molar-refractivity contribution >= 4 is 27.6 Å². The van der Waals surface area contributed by atoms with E-state index in [2.05, 4.69) is 29.2 Å². The van der Waals surface area contributed by atoms with E-state index in [0.29, 0.717) is 36.6 Å². The molecule has 0 amide bonds. The molecule has 2 aromatic heterocycles. The van der Waals surface area contributed by atoms with Crippen LogP contribution in [0.3, 0.4) is 0 Å². The largest absolute Gasteiger partial charge is 0.354 e. The third kappa shape index (κ3) is 3.36. The Bertz CT molecular complexity index is 1490. The van der Waals surface area contributed by atoms with Crippen molar-refractivity contribution in [1.29, 1.82) is 0 Å². The van der Waals surface area contributed by atoms with Crippen LogP contribution < -0.4 is 21.9 Å². The molecule has 1 aliphatic heterocycles. The van der Waals surface area contributed by atoms with Gasteiger partial charge in [-0.15, -0.1) is 0 Å². The summed E-state index contributed by atoms with van der Waals surface area (Å²) in [6.07, 6.45) is 3.09. The van der Waals surface area contributed by atoms with Gasteiger partial charge in [0.05, 0.1) is 6.54 Å². The predicted molar refractivity (Wildman–Crippen MR) is 130 cm³/mol. The van der Waals surface area contributed by atoms with E-state index in [0.717, 1.165) is 48.0 Å². The summed E-state index contributed by atoms with van der Waals surface area (Å²) < 4.78 is 4.84. The molecule has 2 aromatic carbocycles. The molecule has 8 nitrogen and oxygen atoms in total. The van der Waals surface area contributed by atoms with Crippen LogP contribution in [-0.4, -0.2) is 38.0 Å². The lowest BCUT2D eigenvalue weighted by molar-refractivity contribution is 0.571. The number of hydrogen-bond acceptors (Lipinski definition) is 5. The highest BCUT2D eigenvalue weighted by Gasteiger charge is 2.31. The van der Waals surface area contributed by atoms with Gasteiger partial charge in [-0.25, -0.2) is 9.48 Å². The molecule has 2 fully saturated rings. The second-order valence-corrected chi connectivity index (χ2v) is 9.51. The van der Waals surface area contributed by atoms with Crippen molar-refractivity contribution in [2.75, 3.05) is 18.0 Å². The number of fused-ring (bicyclic) bond motifs is 2. The second kappa shape index (κ2) is 7.59. The molecule has 1 saturated heterocycles. The first-order valence-electron chi connectivity index (χ1n) is 11.7. The summed E-state index contributed by atoms with van der Waals surface area (Å²) in [5, 5.41) is 7.76. The zero-order valence-electron chi connectivity index (χ0n) is 18.8. The molecular weight excluding hydrogens is 416 g/mol. The van der Waals surface area contributed by atoms with Crippen molar-refractivity contribution in [3.63, 3.8) is 0 Å². The van der Waals surface area contributed by atoms with Crippen LogP contribution in [0.5, 0.6) is 0 Å². The number of nitrogens with zero attached hydrogens (tertiary/aromatic N) is 5. The van der Waals surface area contributed by atoms with E-state index < -0.39 is 0 Å². The summed E-state index contributed by atoms with van der Waals surface area (Å²) in [5.74, 6) is 1.26. The molecule has 0 radical (unpaired) electrons. The van der Waals surface area contributed by atoms with Crippen molar-refractivity contribution in [1.82, 2.24) is 18.9 Å². The van der Waals surface area contributed by atoms with Gasteiger partial charge in [-0.2, -0.15) is 5.10 Å². The Hall–Kier alpha value is -3.39. The van der Waals surface area contributed by atoms with Gasteiger partial charge in [0.2, 0.25) is 0 Å². The molecule has 6 rings (SSSR count). The van der Waals surface area contributed by atoms with Crippen molar-refractivity contribution in [3.05, 3.63) is 68.9 Å². The Morgan fingerprint density at radius 2 is 1.85 bits per heavy atom. The number of benzene rings is 2. The van der Waals surface area contributed by atoms with Crippen molar-refractivity contribution in [3.8, 4) is 0 Å². The average Bonchev–Trinajstić information content (AvgIpc) is 3.42. The van der Waals surface area contributed by atoms with E-state index in [9.17, 15) is 9.59 Å². The lowest BCUT2D eigenvalue weighted by Gasteiger charge is -2.20. The van der Waals surface area contributed by atoms with E-state index in [1.807, 2.05) is 22.9 Å². The SMILES string of the molecule is Cn1c(=O)c2c(N3CC[C@H](N)C3)n(Cc3cccc4ccccc34)nc2n(CC2CC2)c1=O. The van der Waals surface area contributed by atoms with Gasteiger partial charge in [-0.3, -0.25) is 13.9 Å². The van der Waals surface area contributed by atoms with E-state index in [4.69, 9.17) is 10.8 Å². The van der Waals surface area contributed by atoms with E-state index in [1.54, 1.807) is 11.6 Å². The average molecular weight is 445 g/mol. The van der Waals surface area contributed by atoms with Crippen LogP contribution in [0, 0.1) is 5.92 Å². The zero-order chi connectivity index (χ0) is 22.7. The zero-order valence-corrected chi connectivity index (χ0v) is 18.8. The monoisotopic (exact) mass is 444 g/mol. The molecule has 2 aliphatic rings. The second-order valence-electron chi connectivity index (χ2n) is 9.51. The van der Waals surface area contributed by atoms with Crippen molar-refractivity contribution in [2.24, 2.45) is 18.7 Å². The van der Waals surface area contributed by atoms with Gasteiger partial charge in [0, 0.05) is 32.7 Å². The topological polar surface area (TPSA) is 91.1 Å². The molecule has 1 saturated carbocycles. The van der Waals surface area contributed by atoms with Crippen LogP contribution in [0.15, 0.2) is 52.1 Å². The van der Waals surface area contributed by atoms with Crippen LogP contribution >= 0.6 is 0 Å². The Morgan fingerprint density at radius 1 is 1.06 bits per heavy atom. The van der Waals surface area contributed by atoms with Gasteiger partial charge < -0.3 is 10.6 Å². The minimum Gasteiger partial charge on any atom is -0.354 e. The summed E-state index contributed by atoms with van der Waals surface area (Å²) >= 11 is 0. The fraction of sp³-hybridized carbons (Fsp3) is 0.400. The molecule has 33 heavy (non-hydrogen) atoms. The molecule has 170 valence electrons. The summed E-state index contributed by atoms with van der Waals surface area (Å²) in [5.41, 5.74) is 7.27. The first-order chi connectivity index (χ1) is 16.0. The Labute approximate surface area is 190 Å². The Morgan fingerprint density at radius 3 is 2.61 bits per heavy atom. The highest BCUT2D eigenvalue weighted by molar-refractivity contribution is 5.89. The van der Waals surface area contributed by atoms with Crippen LogP contribution in [0.4, 0.5) is 5.82 Å². The predicted octanol–water partition coefficient (Wildman–Crippen LogP) is 2.05. The fourth-order valence-electron chi connectivity index (χ4n) is 5.07. The van der Waals surface area contributed by atoms with Crippen molar-refractivity contribution < 1.29 is 0 Å². The molecule has 0 bridgehead atoms. The van der Waals surface area contributed by atoms with Crippen LogP contribution in [0.1, 0.15) is 24.8 Å². The minimum atomic E-state index is -0.293. The van der Waals surface area contributed by atoms with Gasteiger partial charge in [0.1, 0.15) is 11.2 Å². The number of aromatic nitrogens is 4. The first-order valence-corrected chi connectivity index (χ1v) is 11.7. The molecule has 4 aromatic rings. The molecule has 1 atom stereocenters. The quantitative estimate of drug-likeness (QED) is 0.509. The molecule has 0 unspecified atom stereocenters. The molecule has 1 aliphatic carbocycles. The van der Waals surface area contributed by atoms with Gasteiger partial charge >= 0.3 is 5.69 Å². The summed E-state index contributed by atoms with van der Waals surface area (Å²) in [6.45, 7) is 2.55. The molecule has 3 heterocycles. The van der Waals surface area contributed by atoms with Crippen LogP contribution in [0.2, 0.25) is 0 Å². The smallest absolute Gasteiger partial charge is 0.332 e. The Kier molecular flexibility index (Phi) is 4.65. The molecule has 2 N–H and O–H groups in total. The standard InChI is InChI=1S/C25H28N6O2/c1-28-24(32)21-22(30(25(28)33)13-16-9-10-16)27-31(23(21)29-12-11-19(26)15-29)14-18-7-4-6-17-5-2-3-8-20(17)18/h2-8,16,19H,9-15,26H2,1H3/t19-/m0/s1. The van der Waals surface area contributed by atoms with Crippen LogP contribution in [-0.2, 0) is 20.1 Å². The summed E-state index contributed by atoms with van der Waals surface area (Å²) in [7, 11) is 1.56. The van der Waals surface area contributed by atoms with Gasteiger partial charge in [-0.05, 0) is 41.5 Å². The number of hydrogen-bond donors (Lipinski definition) is 1. The number of nitrogens with two attached hydrogens (primary N) is 1. The maximum Gasteiger partial charge on any atom is 0.332 e. The van der Waals surface area contributed by atoms with E-state index >= 15 is 0 Å². The van der Waals surface area contributed by atoms with Gasteiger partial charge in [0.25, 0.3) is 5.56 Å². The first kappa shape index (κ1) is 20.2. The van der Waals surface area contributed by atoms with Gasteiger partial charge in [-0.1, -0.05) is 42.5 Å².